The summed E-state index contributed by atoms with van der Waals surface area (Å²) in [5, 5.41) is 34.9. The summed E-state index contributed by atoms with van der Waals surface area (Å²) >= 11 is 0. The molecule has 0 aromatic heterocycles. The normalized spacial score (nSPS) is 36.3. The minimum absolute atomic E-state index is 0.0491. The summed E-state index contributed by atoms with van der Waals surface area (Å²) in [5.41, 5.74) is 0.645. The molecule has 4 rings (SSSR count). The fraction of sp³-hybridized carbons (Fsp3) is 0.714. The van der Waals surface area contributed by atoms with Crippen LogP contribution in [0.2, 0.25) is 0 Å². The highest BCUT2D eigenvalue weighted by molar-refractivity contribution is 5.70. The lowest BCUT2D eigenvalue weighted by atomic mass is 9.92. The number of carbonyl (C=O) groups excluding carboxylic acids is 2. The van der Waals surface area contributed by atoms with Gasteiger partial charge in [0.15, 0.2) is 6.10 Å². The second kappa shape index (κ2) is 15.3. The zero-order valence-corrected chi connectivity index (χ0v) is 27.8. The summed E-state index contributed by atoms with van der Waals surface area (Å²) in [5.74, 6) is 0.0741. The Morgan fingerprint density at radius 1 is 1.24 bits per heavy atom. The smallest absolute Gasteiger partial charge is 0.410 e. The van der Waals surface area contributed by atoms with Crippen molar-refractivity contribution in [2.24, 2.45) is 11.8 Å². The predicted octanol–water partition coefficient (Wildman–Crippen LogP) is 4.30. The number of hydrogen-bond donors (Lipinski definition) is 4. The van der Waals surface area contributed by atoms with Crippen molar-refractivity contribution in [2.45, 2.75) is 135 Å². The lowest BCUT2D eigenvalue weighted by Gasteiger charge is -2.31. The van der Waals surface area contributed by atoms with Gasteiger partial charge in [0.05, 0.1) is 24.2 Å². The highest BCUT2D eigenvalue weighted by Gasteiger charge is 2.42. The molecule has 0 aliphatic carbocycles. The number of piperazine rings is 1. The first-order valence-electron chi connectivity index (χ1n) is 16.7. The first-order valence-corrected chi connectivity index (χ1v) is 16.7. The maximum atomic E-state index is 13.1. The van der Waals surface area contributed by atoms with E-state index in [1.54, 1.807) is 19.1 Å². The Labute approximate surface area is 268 Å². The number of epoxide rings is 1. The predicted molar refractivity (Wildman–Crippen MR) is 171 cm³/mol. The van der Waals surface area contributed by atoms with Crippen molar-refractivity contribution in [3.63, 3.8) is 0 Å². The number of aliphatic hydroxyl groups is 3. The summed E-state index contributed by atoms with van der Waals surface area (Å²) < 4.78 is 17.6. The van der Waals surface area contributed by atoms with E-state index in [-0.39, 0.29) is 36.5 Å². The van der Waals surface area contributed by atoms with Crippen LogP contribution >= 0.6 is 0 Å². The van der Waals surface area contributed by atoms with E-state index >= 15 is 0 Å². The molecule has 1 amide bonds. The first-order chi connectivity index (χ1) is 21.3. The Morgan fingerprint density at radius 3 is 2.67 bits per heavy atom. The number of hydrogen-bond acceptors (Lipinski definition) is 9. The average molecular weight is 631 g/mol. The number of fused-ring (bicyclic) bond motifs is 2. The fourth-order valence-electron chi connectivity index (χ4n) is 6.59. The lowest BCUT2D eigenvalue weighted by molar-refractivity contribution is -0.151. The van der Waals surface area contributed by atoms with Crippen molar-refractivity contribution in [2.75, 3.05) is 13.1 Å². The summed E-state index contributed by atoms with van der Waals surface area (Å²) in [7, 11) is 0. The van der Waals surface area contributed by atoms with Crippen molar-refractivity contribution >= 4 is 12.1 Å². The summed E-state index contributed by atoms with van der Waals surface area (Å²) in [4.78, 5) is 27.7. The van der Waals surface area contributed by atoms with E-state index < -0.39 is 36.0 Å². The molecule has 4 aliphatic rings. The van der Waals surface area contributed by atoms with E-state index in [9.17, 15) is 24.9 Å². The van der Waals surface area contributed by atoms with Crippen molar-refractivity contribution in [1.82, 2.24) is 10.2 Å². The molecule has 10 heteroatoms. The molecule has 3 saturated heterocycles. The van der Waals surface area contributed by atoms with Gasteiger partial charge in [0, 0.05) is 37.5 Å². The summed E-state index contributed by atoms with van der Waals surface area (Å²) in [6.07, 6.45) is 9.73. The molecule has 4 N–H and O–H groups in total. The van der Waals surface area contributed by atoms with Crippen LogP contribution < -0.4 is 5.32 Å². The highest BCUT2D eigenvalue weighted by atomic mass is 16.6. The molecular weight excluding hydrogens is 576 g/mol. The summed E-state index contributed by atoms with van der Waals surface area (Å²) in [6.45, 7) is 12.9. The number of cyclic esters (lactones) is 1. The average Bonchev–Trinajstić information content (AvgIpc) is 3.39. The molecule has 4 heterocycles. The molecule has 252 valence electrons. The van der Waals surface area contributed by atoms with Crippen molar-refractivity contribution < 1.29 is 39.1 Å². The maximum Gasteiger partial charge on any atom is 0.410 e. The molecule has 3 unspecified atom stereocenters. The van der Waals surface area contributed by atoms with Gasteiger partial charge in [-0.15, -0.1) is 0 Å². The fourth-order valence-corrected chi connectivity index (χ4v) is 6.59. The Kier molecular flexibility index (Phi) is 12.0. The van der Waals surface area contributed by atoms with E-state index in [1.807, 2.05) is 57.7 Å². The largest absolute Gasteiger partial charge is 0.483 e. The van der Waals surface area contributed by atoms with Crippen LogP contribution in [0.3, 0.4) is 0 Å². The Bertz CT molecular complexity index is 1180. The maximum absolute atomic E-state index is 13.1. The quantitative estimate of drug-likeness (QED) is 0.127. The van der Waals surface area contributed by atoms with E-state index in [2.05, 4.69) is 5.32 Å². The van der Waals surface area contributed by atoms with Gasteiger partial charge < -0.3 is 39.7 Å². The Morgan fingerprint density at radius 2 is 2.00 bits per heavy atom. The number of allylic oxidation sites excluding steroid dienone is 2. The minimum Gasteiger partial charge on any atom is -0.483 e. The molecule has 45 heavy (non-hydrogen) atoms. The zero-order valence-electron chi connectivity index (χ0n) is 27.8. The third-order valence-electron chi connectivity index (χ3n) is 9.59. The molecule has 3 fully saturated rings. The van der Waals surface area contributed by atoms with E-state index in [0.717, 1.165) is 29.9 Å². The first kappa shape index (κ1) is 35.2. The highest BCUT2D eigenvalue weighted by Crippen LogP contribution is 2.38. The summed E-state index contributed by atoms with van der Waals surface area (Å²) in [6, 6.07) is 0.495. The second-order valence-corrected chi connectivity index (χ2v) is 13.9. The second-order valence-electron chi connectivity index (χ2n) is 13.9. The van der Waals surface area contributed by atoms with Crippen molar-refractivity contribution in [1.29, 1.82) is 0 Å². The molecule has 0 spiro atoms. The van der Waals surface area contributed by atoms with Crippen LogP contribution in [0.25, 0.3) is 0 Å². The number of nitrogens with zero attached hydrogens (tertiary/aromatic N) is 1. The van der Waals surface area contributed by atoms with Crippen LogP contribution in [-0.4, -0.2) is 93.6 Å². The number of ether oxygens (including phenoxy) is 3. The lowest BCUT2D eigenvalue weighted by Crippen LogP contribution is -2.47. The molecule has 0 aromatic carbocycles. The van der Waals surface area contributed by atoms with Crippen molar-refractivity contribution in [3.8, 4) is 0 Å². The Hall–Kier alpha value is -2.66. The number of likely N-dealkylation sites (tertiary alicyclic amines) is 1. The number of amides is 1. The number of esters is 1. The van der Waals surface area contributed by atoms with Crippen LogP contribution in [0.1, 0.15) is 86.5 Å². The van der Waals surface area contributed by atoms with Crippen LogP contribution in [0, 0.1) is 11.8 Å². The third kappa shape index (κ3) is 9.91. The number of rotatable bonds is 9. The number of nitrogens with one attached hydrogen (secondary N) is 1. The molecule has 10 nitrogen and oxygen atoms in total. The van der Waals surface area contributed by atoms with Crippen LogP contribution in [0.4, 0.5) is 4.79 Å². The van der Waals surface area contributed by atoms with Crippen LogP contribution in [-0.2, 0) is 19.0 Å². The SMILES string of the molecule is CC[C@H](O)C/C(C)=C1\O[C@@H]1C[C@@](C)(O)/C=C/C=C(\C)C1OC(=O)C[C@H](O)CCC(C)[C@@H](OC(=O)N2C[C@H]3CC2CN3)/C=C/[C@@H]1C. The molecule has 0 saturated carbocycles. The van der Waals surface area contributed by atoms with E-state index in [1.165, 1.54) is 0 Å². The molecular formula is C35H54N2O8. The molecule has 0 radical (unpaired) electrons. The van der Waals surface area contributed by atoms with Gasteiger partial charge in [-0.3, -0.25) is 4.79 Å². The van der Waals surface area contributed by atoms with Gasteiger partial charge in [0.25, 0.3) is 0 Å². The van der Waals surface area contributed by atoms with Gasteiger partial charge in [-0.25, -0.2) is 4.79 Å². The topological polar surface area (TPSA) is 141 Å². The monoisotopic (exact) mass is 630 g/mol. The zero-order chi connectivity index (χ0) is 32.9. The van der Waals surface area contributed by atoms with E-state index in [4.69, 9.17) is 14.2 Å². The van der Waals surface area contributed by atoms with Gasteiger partial charge in [-0.1, -0.05) is 45.1 Å². The molecule has 2 bridgehead atoms. The van der Waals surface area contributed by atoms with Gasteiger partial charge in [-0.05, 0) is 76.0 Å². The molecule has 0 aromatic rings. The van der Waals surface area contributed by atoms with Gasteiger partial charge >= 0.3 is 12.1 Å². The van der Waals surface area contributed by atoms with Gasteiger partial charge in [0.2, 0.25) is 0 Å². The minimum atomic E-state index is -1.14. The van der Waals surface area contributed by atoms with Crippen molar-refractivity contribution in [3.05, 3.63) is 47.3 Å². The number of carbonyl (C=O) groups is 2. The Balaban J connectivity index is 1.43. The van der Waals surface area contributed by atoms with Gasteiger partial charge in [0.1, 0.15) is 18.0 Å². The molecule has 4 aliphatic heterocycles. The van der Waals surface area contributed by atoms with Crippen LogP contribution in [0.5, 0.6) is 0 Å². The molecule has 10 atom stereocenters. The van der Waals surface area contributed by atoms with Crippen LogP contribution in [0.15, 0.2) is 47.3 Å². The third-order valence-corrected chi connectivity index (χ3v) is 9.59. The van der Waals surface area contributed by atoms with E-state index in [0.29, 0.717) is 44.7 Å². The standard InChI is InChI=1S/C35H54N2O8/c1-7-27(38)15-24(5)33-30(43-33)18-35(6,42)14-8-9-22(3)32-23(4)11-13-29(21(2)10-12-28(39)17-31(40)45-32)44-34(41)37-20-25-16-26(37)19-36-25/h8-9,11,13-14,21,23,25-30,32,36,38-39,42H,7,10,12,15-20H2,1-6H3/b13-11+,14-8+,22-9+,33-24-/t21?,23-,25+,26?,27-,28+,29-,30+,32?,35-/m0/s1. The number of aliphatic hydroxyl groups excluding tert-OH is 2. The van der Waals surface area contributed by atoms with Gasteiger partial charge in [-0.2, -0.15) is 0 Å².